The Morgan fingerprint density at radius 1 is 0.618 bits per heavy atom. The highest BCUT2D eigenvalue weighted by Crippen LogP contribution is 2.17. The minimum absolute atomic E-state index is 0.315. The molecule has 0 atom stereocenters. The van der Waals surface area contributed by atoms with E-state index < -0.39 is 22.5 Å². The summed E-state index contributed by atoms with van der Waals surface area (Å²) in [5.41, 5.74) is 1.38. The highest BCUT2D eigenvalue weighted by Gasteiger charge is 2.17. The maximum atomic E-state index is 12.8. The second-order valence-corrected chi connectivity index (χ2v) is 8.27. The van der Waals surface area contributed by atoms with Gasteiger partial charge in [-0.05, 0) is 11.1 Å². The molecule has 12 heteroatoms. The third-order valence-electron chi connectivity index (χ3n) is 6.23. The summed E-state index contributed by atoms with van der Waals surface area (Å²) in [6.45, 7) is 0.673. The van der Waals surface area contributed by atoms with Crippen molar-refractivity contribution in [3.8, 4) is 0 Å². The van der Waals surface area contributed by atoms with Gasteiger partial charge < -0.3 is 9.13 Å². The molecule has 0 aliphatic carbocycles. The zero-order chi connectivity index (χ0) is 24.3. The van der Waals surface area contributed by atoms with E-state index >= 15 is 0 Å². The molecule has 1 aromatic carbocycles. The summed E-state index contributed by atoms with van der Waals surface area (Å²) in [7, 11) is 6.03. The summed E-state index contributed by atoms with van der Waals surface area (Å²) >= 11 is 0. The van der Waals surface area contributed by atoms with Gasteiger partial charge in [0.05, 0.1) is 12.7 Å². The van der Waals surface area contributed by atoms with Crippen molar-refractivity contribution in [3.05, 3.63) is 89.7 Å². The average Bonchev–Trinajstić information content (AvgIpc) is 3.44. The van der Waals surface area contributed by atoms with Crippen molar-refractivity contribution < 1.29 is 0 Å². The average molecular weight is 462 g/mol. The van der Waals surface area contributed by atoms with E-state index in [1.165, 1.54) is 23.2 Å². The molecule has 5 aromatic rings. The molecule has 0 saturated carbocycles. The molecule has 0 saturated heterocycles. The summed E-state index contributed by atoms with van der Waals surface area (Å²) < 4.78 is 8.23. The van der Waals surface area contributed by atoms with Crippen LogP contribution in [-0.2, 0) is 41.3 Å². The Morgan fingerprint density at radius 3 is 1.38 bits per heavy atom. The van der Waals surface area contributed by atoms with Crippen LogP contribution in [0.4, 0.5) is 0 Å². The van der Waals surface area contributed by atoms with Crippen LogP contribution < -0.4 is 22.5 Å². The lowest BCUT2D eigenvalue weighted by Crippen LogP contribution is -2.37. The topological polar surface area (TPSA) is 124 Å². The van der Waals surface area contributed by atoms with Crippen LogP contribution in [0.15, 0.2) is 56.1 Å². The molecule has 34 heavy (non-hydrogen) atoms. The Labute approximate surface area is 191 Å². The molecule has 0 N–H and O–H groups in total. The van der Waals surface area contributed by atoms with Crippen molar-refractivity contribution in [3.63, 3.8) is 0 Å². The molecule has 174 valence electrons. The summed E-state index contributed by atoms with van der Waals surface area (Å²) in [4.78, 5) is 58.6. The lowest BCUT2D eigenvalue weighted by molar-refractivity contribution is 0.698. The van der Waals surface area contributed by atoms with Gasteiger partial charge in [0.15, 0.2) is 22.3 Å². The first kappa shape index (κ1) is 21.4. The second-order valence-electron chi connectivity index (χ2n) is 8.27. The molecule has 0 fully saturated rings. The van der Waals surface area contributed by atoms with E-state index in [4.69, 9.17) is 0 Å². The van der Waals surface area contributed by atoms with Crippen LogP contribution in [0.5, 0.6) is 0 Å². The fraction of sp³-hybridized carbons (Fsp3) is 0.273. The van der Waals surface area contributed by atoms with Gasteiger partial charge in [-0.3, -0.25) is 27.9 Å². The third kappa shape index (κ3) is 2.99. The first-order chi connectivity index (χ1) is 16.2. The standard InChI is InChI=1S/C22H22N8O4/c1-25-17-15(19(31)27(3)21(25)33)29(11-23-17)9-13-7-5-6-8-14(13)10-30-12-24-18-16(30)20(32)28(4)22(34)26(18)2/h5-8,11-12H,9-10H2,1-4H3. The maximum Gasteiger partial charge on any atom is 0.332 e. The molecule has 4 heterocycles. The Bertz CT molecular complexity index is 1710. The predicted octanol–water partition coefficient (Wildman–Crippen LogP) is -0.723. The molecule has 0 spiro atoms. The fourth-order valence-corrected chi connectivity index (χ4v) is 4.27. The van der Waals surface area contributed by atoms with Crippen LogP contribution in [0.1, 0.15) is 11.1 Å². The highest BCUT2D eigenvalue weighted by atomic mass is 16.2. The fourth-order valence-electron chi connectivity index (χ4n) is 4.27. The molecule has 0 bridgehead atoms. The van der Waals surface area contributed by atoms with Gasteiger partial charge in [-0.25, -0.2) is 19.6 Å². The molecule has 12 nitrogen and oxygen atoms in total. The number of rotatable bonds is 4. The van der Waals surface area contributed by atoms with Crippen LogP contribution in [0.25, 0.3) is 22.3 Å². The first-order valence-corrected chi connectivity index (χ1v) is 10.5. The van der Waals surface area contributed by atoms with E-state index in [2.05, 4.69) is 9.97 Å². The number of benzene rings is 1. The summed E-state index contributed by atoms with van der Waals surface area (Å²) in [6.07, 6.45) is 3.08. The number of fused-ring (bicyclic) bond motifs is 2. The molecule has 0 radical (unpaired) electrons. The van der Waals surface area contributed by atoms with Crippen molar-refractivity contribution >= 4 is 22.3 Å². The van der Waals surface area contributed by atoms with Gasteiger partial charge in [0.25, 0.3) is 11.1 Å². The smallest absolute Gasteiger partial charge is 0.320 e. The molecule has 0 amide bonds. The number of aromatic nitrogens is 8. The molecule has 5 rings (SSSR count). The van der Waals surface area contributed by atoms with Gasteiger partial charge in [0.2, 0.25) is 0 Å². The first-order valence-electron chi connectivity index (χ1n) is 10.5. The van der Waals surface area contributed by atoms with Gasteiger partial charge in [0, 0.05) is 41.3 Å². The number of hydrogen-bond donors (Lipinski definition) is 0. The second kappa shape index (κ2) is 7.54. The third-order valence-corrected chi connectivity index (χ3v) is 6.23. The van der Waals surface area contributed by atoms with Crippen molar-refractivity contribution in [1.82, 2.24) is 37.4 Å². The van der Waals surface area contributed by atoms with Gasteiger partial charge in [-0.1, -0.05) is 24.3 Å². The van der Waals surface area contributed by atoms with Gasteiger partial charge in [-0.2, -0.15) is 0 Å². The summed E-state index contributed by atoms with van der Waals surface area (Å²) in [6, 6.07) is 7.64. The van der Waals surface area contributed by atoms with Crippen molar-refractivity contribution in [2.45, 2.75) is 13.1 Å². The minimum atomic E-state index is -0.439. The lowest BCUT2D eigenvalue weighted by Gasteiger charge is -2.13. The van der Waals surface area contributed by atoms with Gasteiger partial charge >= 0.3 is 11.4 Å². The van der Waals surface area contributed by atoms with Crippen molar-refractivity contribution in [2.24, 2.45) is 28.2 Å². The van der Waals surface area contributed by atoms with Crippen molar-refractivity contribution in [1.29, 1.82) is 0 Å². The number of nitrogens with zero attached hydrogens (tertiary/aromatic N) is 8. The Morgan fingerprint density at radius 2 is 1.00 bits per heavy atom. The van der Waals surface area contributed by atoms with Crippen LogP contribution in [0, 0.1) is 0 Å². The molecule has 0 aliphatic rings. The number of imidazole rings is 2. The van der Waals surface area contributed by atoms with E-state index in [1.807, 2.05) is 24.3 Å². The predicted molar refractivity (Wildman–Crippen MR) is 125 cm³/mol. The van der Waals surface area contributed by atoms with Crippen LogP contribution >= 0.6 is 0 Å². The van der Waals surface area contributed by atoms with E-state index in [9.17, 15) is 19.2 Å². The Hall–Kier alpha value is -4.48. The molecule has 4 aromatic heterocycles. The van der Waals surface area contributed by atoms with E-state index in [0.717, 1.165) is 20.3 Å². The van der Waals surface area contributed by atoms with Gasteiger partial charge in [0.1, 0.15) is 0 Å². The molecule has 0 unspecified atom stereocenters. The quantitative estimate of drug-likeness (QED) is 0.347. The van der Waals surface area contributed by atoms with E-state index in [0.29, 0.717) is 35.4 Å². The van der Waals surface area contributed by atoms with E-state index in [-0.39, 0.29) is 0 Å². The lowest BCUT2D eigenvalue weighted by atomic mass is 10.1. The van der Waals surface area contributed by atoms with Crippen LogP contribution in [-0.4, -0.2) is 37.4 Å². The summed E-state index contributed by atoms with van der Waals surface area (Å²) in [5.74, 6) is 0. The van der Waals surface area contributed by atoms with Gasteiger partial charge in [-0.15, -0.1) is 0 Å². The van der Waals surface area contributed by atoms with Crippen LogP contribution in [0.3, 0.4) is 0 Å². The molecular formula is C22H22N8O4. The monoisotopic (exact) mass is 462 g/mol. The van der Waals surface area contributed by atoms with E-state index in [1.54, 1.807) is 35.9 Å². The zero-order valence-corrected chi connectivity index (χ0v) is 19.1. The number of aryl methyl sites for hydroxylation is 2. The summed E-state index contributed by atoms with van der Waals surface area (Å²) in [5, 5.41) is 0. The largest absolute Gasteiger partial charge is 0.332 e. The Balaban J connectivity index is 1.61. The molecular weight excluding hydrogens is 440 g/mol. The SMILES string of the molecule is Cn1c(=O)c2c(ncn2Cc2ccccc2Cn2cnc3c2c(=O)n(C)c(=O)n3C)n(C)c1=O. The zero-order valence-electron chi connectivity index (χ0n) is 19.1. The minimum Gasteiger partial charge on any atom is -0.320 e. The maximum absolute atomic E-state index is 12.8. The Kier molecular flexibility index (Phi) is 4.74. The molecule has 0 aliphatic heterocycles. The normalized spacial score (nSPS) is 11.6. The number of hydrogen-bond acceptors (Lipinski definition) is 6. The van der Waals surface area contributed by atoms with Crippen LogP contribution in [0.2, 0.25) is 0 Å². The van der Waals surface area contributed by atoms with Crippen molar-refractivity contribution in [2.75, 3.05) is 0 Å². The highest BCUT2D eigenvalue weighted by molar-refractivity contribution is 5.71.